The zero-order chi connectivity index (χ0) is 18.8. The first-order valence-electron chi connectivity index (χ1n) is 8.34. The maximum Gasteiger partial charge on any atom is 0.348 e. The Balaban J connectivity index is 1.98. The number of fused-ring (bicyclic) bond motifs is 1. The molecule has 2 N–H and O–H groups in total. The minimum absolute atomic E-state index is 0.140. The Kier molecular flexibility index (Phi) is 5.08. The van der Waals surface area contributed by atoms with Gasteiger partial charge in [0, 0.05) is 0 Å². The summed E-state index contributed by atoms with van der Waals surface area (Å²) in [5.74, 6) is 0.616. The van der Waals surface area contributed by atoms with Crippen molar-refractivity contribution in [3.05, 3.63) is 40.5 Å². The van der Waals surface area contributed by atoms with Crippen molar-refractivity contribution in [3.63, 3.8) is 0 Å². The Bertz CT molecular complexity index is 966. The van der Waals surface area contributed by atoms with Crippen LogP contribution >= 0.6 is 11.3 Å². The number of phenolic OH excluding ortho intramolecular Hbond substituents is 1. The lowest BCUT2D eigenvalue weighted by atomic mass is 10.2. The molecule has 0 atom stereocenters. The quantitative estimate of drug-likeness (QED) is 0.505. The highest BCUT2D eigenvalue weighted by Crippen LogP contribution is 2.36. The predicted octanol–water partition coefficient (Wildman–Crippen LogP) is 4.57. The van der Waals surface area contributed by atoms with Crippen LogP contribution < -0.4 is 5.32 Å². The van der Waals surface area contributed by atoms with E-state index in [1.807, 2.05) is 33.8 Å². The van der Waals surface area contributed by atoms with Crippen LogP contribution in [0.25, 0.3) is 10.2 Å². The van der Waals surface area contributed by atoms with E-state index in [0.717, 1.165) is 16.5 Å². The highest BCUT2D eigenvalue weighted by Gasteiger charge is 2.21. The number of hydrogen-bond donors (Lipinski definition) is 2. The number of hydrogen-bond acceptors (Lipinski definition) is 7. The summed E-state index contributed by atoms with van der Waals surface area (Å²) in [5.41, 5.74) is 2.28. The van der Waals surface area contributed by atoms with E-state index in [1.165, 1.54) is 17.7 Å². The summed E-state index contributed by atoms with van der Waals surface area (Å²) >= 11 is 1.29. The van der Waals surface area contributed by atoms with Gasteiger partial charge in [0.25, 0.3) is 0 Å². The van der Waals surface area contributed by atoms with E-state index in [-0.39, 0.29) is 17.6 Å². The molecule has 2 heterocycles. The molecule has 0 bridgehead atoms. The summed E-state index contributed by atoms with van der Waals surface area (Å²) in [6.45, 7) is 8.12. The summed E-state index contributed by atoms with van der Waals surface area (Å²) in [4.78, 5) is 22.2. The van der Waals surface area contributed by atoms with Gasteiger partial charge in [-0.3, -0.25) is 0 Å². The van der Waals surface area contributed by atoms with E-state index < -0.39 is 0 Å². The number of aryl methyl sites for hydroxylation is 2. The van der Waals surface area contributed by atoms with E-state index in [0.29, 0.717) is 27.8 Å². The topological polar surface area (TPSA) is 84.3 Å². The second-order valence-electron chi connectivity index (χ2n) is 6.60. The van der Waals surface area contributed by atoms with Gasteiger partial charge in [-0.1, -0.05) is 19.9 Å². The predicted molar refractivity (Wildman–Crippen MR) is 103 cm³/mol. The van der Waals surface area contributed by atoms with Gasteiger partial charge in [0.2, 0.25) is 0 Å². The van der Waals surface area contributed by atoms with Crippen molar-refractivity contribution in [2.45, 2.75) is 27.7 Å². The first-order valence-corrected chi connectivity index (χ1v) is 9.16. The number of ether oxygens (including phenoxy) is 1. The van der Waals surface area contributed by atoms with Crippen LogP contribution in [0.15, 0.2) is 24.5 Å². The Morgan fingerprint density at radius 1 is 1.31 bits per heavy atom. The van der Waals surface area contributed by atoms with Crippen molar-refractivity contribution < 1.29 is 14.6 Å². The largest absolute Gasteiger partial charge is 0.506 e. The molecule has 0 radical (unpaired) electrons. The fourth-order valence-electron chi connectivity index (χ4n) is 2.54. The molecule has 3 aromatic rings. The molecule has 136 valence electrons. The highest BCUT2D eigenvalue weighted by molar-refractivity contribution is 7.20. The van der Waals surface area contributed by atoms with E-state index >= 15 is 0 Å². The molecular formula is C19H21N3O3S. The van der Waals surface area contributed by atoms with Gasteiger partial charge in [0.05, 0.1) is 17.7 Å². The third-order valence-corrected chi connectivity index (χ3v) is 5.05. The Hall–Kier alpha value is -2.67. The van der Waals surface area contributed by atoms with Gasteiger partial charge in [-0.2, -0.15) is 0 Å². The molecule has 0 unspecified atom stereocenters. The number of anilines is 2. The maximum atomic E-state index is 12.4. The van der Waals surface area contributed by atoms with Gasteiger partial charge < -0.3 is 15.2 Å². The van der Waals surface area contributed by atoms with Gasteiger partial charge in [-0.05, 0) is 43.0 Å². The third-order valence-electron chi connectivity index (χ3n) is 3.87. The Labute approximate surface area is 155 Å². The summed E-state index contributed by atoms with van der Waals surface area (Å²) in [7, 11) is 0. The van der Waals surface area contributed by atoms with Crippen LogP contribution in [0, 0.1) is 19.8 Å². The number of thiophene rings is 1. The fraction of sp³-hybridized carbons (Fsp3) is 0.316. The Morgan fingerprint density at radius 3 is 2.77 bits per heavy atom. The monoisotopic (exact) mass is 371 g/mol. The summed E-state index contributed by atoms with van der Waals surface area (Å²) < 4.78 is 5.35. The molecule has 3 rings (SSSR count). The highest BCUT2D eigenvalue weighted by atomic mass is 32.1. The number of carbonyl (C=O) groups excluding carboxylic acids is 1. The van der Waals surface area contributed by atoms with Gasteiger partial charge in [-0.15, -0.1) is 11.3 Å². The molecule has 2 aromatic heterocycles. The lowest BCUT2D eigenvalue weighted by Crippen LogP contribution is -2.09. The molecule has 6 nitrogen and oxygen atoms in total. The molecule has 7 heteroatoms. The second kappa shape index (κ2) is 7.29. The van der Waals surface area contributed by atoms with Gasteiger partial charge in [-0.25, -0.2) is 14.8 Å². The molecular weight excluding hydrogens is 350 g/mol. The van der Waals surface area contributed by atoms with Crippen LogP contribution in [0.5, 0.6) is 5.75 Å². The van der Waals surface area contributed by atoms with Gasteiger partial charge >= 0.3 is 5.97 Å². The summed E-state index contributed by atoms with van der Waals surface area (Å²) in [6, 6.07) is 5.36. The number of aromatic nitrogens is 2. The number of esters is 1. The van der Waals surface area contributed by atoms with Crippen LogP contribution in [0.4, 0.5) is 11.5 Å². The number of nitrogens with one attached hydrogen (secondary N) is 1. The van der Waals surface area contributed by atoms with Crippen LogP contribution in [-0.2, 0) is 4.74 Å². The van der Waals surface area contributed by atoms with Crippen LogP contribution in [0.3, 0.4) is 0 Å². The molecule has 0 saturated heterocycles. The van der Waals surface area contributed by atoms with Crippen molar-refractivity contribution >= 4 is 39.0 Å². The van der Waals surface area contributed by atoms with E-state index in [9.17, 15) is 9.90 Å². The average Bonchev–Trinajstić information content (AvgIpc) is 2.93. The number of benzene rings is 1. The Morgan fingerprint density at radius 2 is 2.08 bits per heavy atom. The normalized spacial score (nSPS) is 11.1. The maximum absolute atomic E-state index is 12.4. The molecule has 0 fully saturated rings. The standard InChI is InChI=1S/C19H21N3O3S/c1-10(2)8-25-19(24)16-12(4)15-17(20-9-21-18(15)26-16)22-13-6-5-11(3)7-14(13)23/h5-7,9-10,23H,8H2,1-4H3,(H,20,21,22). The summed E-state index contributed by atoms with van der Waals surface area (Å²) in [6.07, 6.45) is 1.44. The zero-order valence-corrected chi connectivity index (χ0v) is 16.0. The first kappa shape index (κ1) is 18.1. The first-order chi connectivity index (χ1) is 12.4. The van der Waals surface area contributed by atoms with E-state index in [1.54, 1.807) is 12.1 Å². The van der Waals surface area contributed by atoms with Crippen LogP contribution in [0.1, 0.15) is 34.6 Å². The number of phenols is 1. The minimum Gasteiger partial charge on any atom is -0.506 e. The molecule has 0 aliphatic carbocycles. The van der Waals surface area contributed by atoms with Crippen LogP contribution in [0.2, 0.25) is 0 Å². The van der Waals surface area contributed by atoms with Crippen molar-refractivity contribution in [1.29, 1.82) is 0 Å². The van der Waals surface area contributed by atoms with Crippen molar-refractivity contribution in [2.24, 2.45) is 5.92 Å². The molecule has 0 spiro atoms. The third kappa shape index (κ3) is 3.62. The fourth-order valence-corrected chi connectivity index (χ4v) is 3.59. The molecule has 0 aliphatic heterocycles. The number of carbonyl (C=O) groups is 1. The number of aromatic hydroxyl groups is 1. The molecule has 26 heavy (non-hydrogen) atoms. The number of rotatable bonds is 5. The second-order valence-corrected chi connectivity index (χ2v) is 7.60. The molecule has 0 saturated carbocycles. The van der Waals surface area contributed by atoms with Gasteiger partial charge in [0.1, 0.15) is 27.6 Å². The van der Waals surface area contributed by atoms with E-state index in [2.05, 4.69) is 15.3 Å². The zero-order valence-electron chi connectivity index (χ0n) is 15.2. The average molecular weight is 371 g/mol. The number of nitrogens with zero attached hydrogens (tertiary/aromatic N) is 2. The molecule has 1 aromatic carbocycles. The SMILES string of the molecule is Cc1ccc(Nc2ncnc3sc(C(=O)OCC(C)C)c(C)c23)c(O)c1. The lowest BCUT2D eigenvalue weighted by Gasteiger charge is -2.10. The minimum atomic E-state index is -0.344. The van der Waals surface area contributed by atoms with E-state index in [4.69, 9.17) is 4.74 Å². The van der Waals surface area contributed by atoms with Crippen molar-refractivity contribution in [1.82, 2.24) is 9.97 Å². The summed E-state index contributed by atoms with van der Waals surface area (Å²) in [5, 5.41) is 14.0. The van der Waals surface area contributed by atoms with Gasteiger partial charge in [0.15, 0.2) is 0 Å². The molecule has 0 aliphatic rings. The van der Waals surface area contributed by atoms with Crippen LogP contribution in [-0.4, -0.2) is 27.7 Å². The molecule has 0 amide bonds. The lowest BCUT2D eigenvalue weighted by molar-refractivity contribution is 0.0464. The van der Waals surface area contributed by atoms with Crippen molar-refractivity contribution in [2.75, 3.05) is 11.9 Å². The van der Waals surface area contributed by atoms with Crippen molar-refractivity contribution in [3.8, 4) is 5.75 Å². The smallest absolute Gasteiger partial charge is 0.348 e.